The smallest absolute Gasteiger partial charge is 0.200 e. The van der Waals surface area contributed by atoms with E-state index in [9.17, 15) is 4.79 Å². The molecule has 18 heavy (non-hydrogen) atoms. The number of hydrogen-bond donors (Lipinski definition) is 0. The minimum Gasteiger partial charge on any atom is -0.456 e. The van der Waals surface area contributed by atoms with Gasteiger partial charge in [-0.05, 0) is 36.2 Å². The highest BCUT2D eigenvalue weighted by atomic mass is 35.5. The van der Waals surface area contributed by atoms with Crippen LogP contribution in [0.15, 0.2) is 45.6 Å². The van der Waals surface area contributed by atoms with E-state index in [1.807, 2.05) is 31.2 Å². The van der Waals surface area contributed by atoms with Gasteiger partial charge in [-0.25, -0.2) is 0 Å². The predicted octanol–water partition coefficient (Wildman–Crippen LogP) is 3.99. The van der Waals surface area contributed by atoms with Crippen molar-refractivity contribution in [3.8, 4) is 0 Å². The third-order valence-corrected chi connectivity index (χ3v) is 3.40. The van der Waals surface area contributed by atoms with E-state index in [2.05, 4.69) is 0 Å². The Morgan fingerprint density at radius 2 is 1.94 bits per heavy atom. The molecule has 0 spiro atoms. The van der Waals surface area contributed by atoms with Crippen LogP contribution < -0.4 is 5.43 Å². The number of alkyl halides is 1. The zero-order valence-electron chi connectivity index (χ0n) is 9.87. The molecule has 3 heteroatoms. The number of hydrogen-bond acceptors (Lipinski definition) is 2. The second kappa shape index (κ2) is 4.14. The fourth-order valence-electron chi connectivity index (χ4n) is 2.27. The Morgan fingerprint density at radius 3 is 2.72 bits per heavy atom. The van der Waals surface area contributed by atoms with Gasteiger partial charge in [0.1, 0.15) is 11.2 Å². The van der Waals surface area contributed by atoms with Gasteiger partial charge in [0.25, 0.3) is 0 Å². The first-order valence-electron chi connectivity index (χ1n) is 5.72. The van der Waals surface area contributed by atoms with Crippen LogP contribution in [0.1, 0.15) is 11.1 Å². The van der Waals surface area contributed by atoms with Crippen LogP contribution in [0.2, 0.25) is 0 Å². The lowest BCUT2D eigenvalue weighted by molar-refractivity contribution is 0.659. The van der Waals surface area contributed by atoms with Gasteiger partial charge in [0, 0.05) is 5.88 Å². The van der Waals surface area contributed by atoms with Gasteiger partial charge in [0.2, 0.25) is 5.43 Å². The van der Waals surface area contributed by atoms with Crippen LogP contribution in [0.4, 0.5) is 0 Å². The normalized spacial score (nSPS) is 11.2. The summed E-state index contributed by atoms with van der Waals surface area (Å²) in [6.07, 6.45) is 0. The van der Waals surface area contributed by atoms with Crippen molar-refractivity contribution in [1.82, 2.24) is 0 Å². The van der Waals surface area contributed by atoms with Gasteiger partial charge in [-0.1, -0.05) is 18.2 Å². The molecule has 3 aromatic rings. The van der Waals surface area contributed by atoms with Crippen molar-refractivity contribution in [3.63, 3.8) is 0 Å². The first kappa shape index (κ1) is 11.3. The average molecular weight is 259 g/mol. The van der Waals surface area contributed by atoms with Gasteiger partial charge in [-0.15, -0.1) is 11.6 Å². The van der Waals surface area contributed by atoms with Crippen LogP contribution in [0.25, 0.3) is 21.9 Å². The van der Waals surface area contributed by atoms with E-state index >= 15 is 0 Å². The number of para-hydroxylation sites is 1. The maximum Gasteiger partial charge on any atom is 0.200 e. The zero-order valence-corrected chi connectivity index (χ0v) is 10.6. The summed E-state index contributed by atoms with van der Waals surface area (Å²) in [6.45, 7) is 1.91. The molecule has 0 atom stereocenters. The predicted molar refractivity (Wildman–Crippen MR) is 74.3 cm³/mol. The van der Waals surface area contributed by atoms with Crippen molar-refractivity contribution in [3.05, 3.63) is 57.7 Å². The summed E-state index contributed by atoms with van der Waals surface area (Å²) < 4.78 is 5.79. The first-order chi connectivity index (χ1) is 8.70. The Balaban J connectivity index is 2.56. The fourth-order valence-corrected chi connectivity index (χ4v) is 2.43. The molecule has 2 aromatic carbocycles. The lowest BCUT2D eigenvalue weighted by atomic mass is 10.0. The second-order valence-electron chi connectivity index (χ2n) is 4.35. The molecule has 3 rings (SSSR count). The maximum atomic E-state index is 12.4. The number of rotatable bonds is 1. The van der Waals surface area contributed by atoms with E-state index in [0.717, 1.165) is 11.1 Å². The van der Waals surface area contributed by atoms with Crippen molar-refractivity contribution in [2.75, 3.05) is 0 Å². The summed E-state index contributed by atoms with van der Waals surface area (Å²) in [7, 11) is 0. The molecule has 0 unspecified atom stereocenters. The molecular formula is C15H11ClO2. The van der Waals surface area contributed by atoms with E-state index in [1.54, 1.807) is 12.1 Å². The van der Waals surface area contributed by atoms with Gasteiger partial charge in [-0.3, -0.25) is 4.79 Å². The summed E-state index contributed by atoms with van der Waals surface area (Å²) in [4.78, 5) is 12.4. The van der Waals surface area contributed by atoms with Crippen molar-refractivity contribution in [2.24, 2.45) is 0 Å². The Kier molecular flexibility index (Phi) is 2.60. The molecule has 0 aliphatic carbocycles. The fraction of sp³-hybridized carbons (Fsp3) is 0.133. The molecule has 0 aliphatic heterocycles. The second-order valence-corrected chi connectivity index (χ2v) is 4.61. The molecule has 0 radical (unpaired) electrons. The maximum absolute atomic E-state index is 12.4. The molecule has 0 aliphatic rings. The molecule has 0 saturated heterocycles. The summed E-state index contributed by atoms with van der Waals surface area (Å²) in [6, 6.07) is 11.1. The van der Waals surface area contributed by atoms with Crippen molar-refractivity contribution >= 4 is 33.5 Å². The average Bonchev–Trinajstić information content (AvgIpc) is 2.38. The van der Waals surface area contributed by atoms with Crippen LogP contribution in [-0.4, -0.2) is 0 Å². The zero-order chi connectivity index (χ0) is 12.7. The van der Waals surface area contributed by atoms with E-state index in [0.29, 0.717) is 27.8 Å². The third-order valence-electron chi connectivity index (χ3n) is 3.09. The lowest BCUT2D eigenvalue weighted by Gasteiger charge is -2.05. The largest absolute Gasteiger partial charge is 0.456 e. The summed E-state index contributed by atoms with van der Waals surface area (Å²) >= 11 is 5.84. The first-order valence-corrected chi connectivity index (χ1v) is 6.25. The summed E-state index contributed by atoms with van der Waals surface area (Å²) in [5.74, 6) is 0.410. The van der Waals surface area contributed by atoms with Crippen molar-refractivity contribution in [2.45, 2.75) is 12.8 Å². The Hall–Kier alpha value is -1.80. The molecule has 90 valence electrons. The lowest BCUT2D eigenvalue weighted by Crippen LogP contribution is -2.04. The van der Waals surface area contributed by atoms with E-state index in [1.165, 1.54) is 0 Å². The number of halogens is 1. The van der Waals surface area contributed by atoms with E-state index in [4.69, 9.17) is 16.0 Å². The Morgan fingerprint density at radius 1 is 1.17 bits per heavy atom. The van der Waals surface area contributed by atoms with Crippen molar-refractivity contribution in [1.29, 1.82) is 0 Å². The van der Waals surface area contributed by atoms with E-state index in [-0.39, 0.29) is 5.43 Å². The highest BCUT2D eigenvalue weighted by molar-refractivity contribution is 6.17. The number of aryl methyl sites for hydroxylation is 1. The van der Waals surface area contributed by atoms with Gasteiger partial charge in [0.15, 0.2) is 0 Å². The Labute approximate surface area is 109 Å². The number of benzene rings is 2. The SMILES string of the molecule is Cc1cc(CCl)cc2oc3ccccc3c(=O)c12. The number of fused-ring (bicyclic) bond motifs is 2. The molecule has 0 fully saturated rings. The van der Waals surface area contributed by atoms with E-state index < -0.39 is 0 Å². The molecule has 0 bridgehead atoms. The van der Waals surface area contributed by atoms with Crippen LogP contribution >= 0.6 is 11.6 Å². The van der Waals surface area contributed by atoms with Crippen LogP contribution in [0.3, 0.4) is 0 Å². The molecular weight excluding hydrogens is 248 g/mol. The van der Waals surface area contributed by atoms with Crippen molar-refractivity contribution < 1.29 is 4.42 Å². The van der Waals surface area contributed by atoms with Crippen LogP contribution in [-0.2, 0) is 5.88 Å². The highest BCUT2D eigenvalue weighted by Crippen LogP contribution is 2.23. The molecule has 0 saturated carbocycles. The topological polar surface area (TPSA) is 30.2 Å². The summed E-state index contributed by atoms with van der Waals surface area (Å²) in [5, 5.41) is 1.26. The standard InChI is InChI=1S/C15H11ClO2/c1-9-6-10(8-16)7-13-14(9)15(17)11-4-2-3-5-12(11)18-13/h2-7H,8H2,1H3. The third kappa shape index (κ3) is 1.61. The van der Waals surface area contributed by atoms with Gasteiger partial charge >= 0.3 is 0 Å². The molecule has 2 nitrogen and oxygen atoms in total. The molecule has 1 heterocycles. The monoisotopic (exact) mass is 258 g/mol. The molecule has 1 aromatic heterocycles. The Bertz CT molecular complexity index is 803. The quantitative estimate of drug-likeness (QED) is 0.488. The highest BCUT2D eigenvalue weighted by Gasteiger charge is 2.10. The van der Waals surface area contributed by atoms with Gasteiger partial charge < -0.3 is 4.42 Å². The van der Waals surface area contributed by atoms with Gasteiger partial charge in [-0.2, -0.15) is 0 Å². The van der Waals surface area contributed by atoms with Crippen LogP contribution in [0, 0.1) is 6.92 Å². The minimum absolute atomic E-state index is 0.0190. The van der Waals surface area contributed by atoms with Crippen LogP contribution in [0.5, 0.6) is 0 Å². The summed E-state index contributed by atoms with van der Waals surface area (Å²) in [5.41, 5.74) is 3.10. The molecule has 0 N–H and O–H groups in total. The molecule has 0 amide bonds. The van der Waals surface area contributed by atoms with Gasteiger partial charge in [0.05, 0.1) is 10.8 Å². The minimum atomic E-state index is 0.0190.